The van der Waals surface area contributed by atoms with Crippen LogP contribution in [0, 0.1) is 6.92 Å². The number of hydrogen-bond donors (Lipinski definition) is 1. The Bertz CT molecular complexity index is 781. The van der Waals surface area contributed by atoms with Crippen LogP contribution >= 0.6 is 28.1 Å². The van der Waals surface area contributed by atoms with Gasteiger partial charge in [-0.2, -0.15) is 0 Å². The van der Waals surface area contributed by atoms with E-state index in [9.17, 15) is 0 Å². The van der Waals surface area contributed by atoms with Crippen LogP contribution in [0.5, 0.6) is 5.75 Å². The monoisotopic (exact) mass is 433 g/mol. The number of nitrogens with zero attached hydrogens (tertiary/aromatic N) is 2. The number of aryl methyl sites for hydroxylation is 1. The van der Waals surface area contributed by atoms with Crippen LogP contribution < -0.4 is 15.0 Å². The number of piperazine rings is 1. The molecule has 1 aliphatic heterocycles. The van der Waals surface area contributed by atoms with Crippen molar-refractivity contribution in [1.82, 2.24) is 4.90 Å². The molecule has 0 amide bonds. The van der Waals surface area contributed by atoms with Gasteiger partial charge in [-0.05, 0) is 74.1 Å². The average molecular weight is 434 g/mol. The first kappa shape index (κ1) is 19.0. The fraction of sp³-hybridized carbons (Fsp3) is 0.350. The van der Waals surface area contributed by atoms with Crippen molar-refractivity contribution in [3.63, 3.8) is 0 Å². The van der Waals surface area contributed by atoms with Gasteiger partial charge in [-0.25, -0.2) is 0 Å². The van der Waals surface area contributed by atoms with Gasteiger partial charge in [-0.15, -0.1) is 0 Å². The fourth-order valence-corrected chi connectivity index (χ4v) is 3.75. The minimum Gasteiger partial charge on any atom is -0.497 e. The summed E-state index contributed by atoms with van der Waals surface area (Å²) in [6.45, 7) is 7.05. The van der Waals surface area contributed by atoms with Crippen molar-refractivity contribution in [2.45, 2.75) is 19.9 Å². The molecule has 4 nitrogen and oxygen atoms in total. The van der Waals surface area contributed by atoms with Gasteiger partial charge in [0.2, 0.25) is 0 Å². The molecule has 0 radical (unpaired) electrons. The minimum atomic E-state index is 0.378. The molecule has 2 aromatic carbocycles. The smallest absolute Gasteiger partial charge is 0.173 e. The minimum absolute atomic E-state index is 0.378. The first-order chi connectivity index (χ1) is 12.5. The van der Waals surface area contributed by atoms with E-state index in [4.69, 9.17) is 17.0 Å². The Labute approximate surface area is 169 Å². The van der Waals surface area contributed by atoms with E-state index in [1.54, 1.807) is 7.11 Å². The Balaban J connectivity index is 1.61. The van der Waals surface area contributed by atoms with Crippen LogP contribution in [-0.2, 0) is 0 Å². The summed E-state index contributed by atoms with van der Waals surface area (Å²) >= 11 is 9.17. The lowest BCUT2D eigenvalue weighted by Gasteiger charge is -2.42. The molecule has 1 unspecified atom stereocenters. The lowest BCUT2D eigenvalue weighted by atomic mass is 10.1. The second kappa shape index (κ2) is 8.27. The fourth-order valence-electron chi connectivity index (χ4n) is 3.22. The van der Waals surface area contributed by atoms with Gasteiger partial charge in [0.1, 0.15) is 5.75 Å². The van der Waals surface area contributed by atoms with Gasteiger partial charge in [0.15, 0.2) is 5.11 Å². The Morgan fingerprint density at radius 1 is 1.19 bits per heavy atom. The number of hydrogen-bond acceptors (Lipinski definition) is 3. The number of benzene rings is 2. The first-order valence-electron chi connectivity index (χ1n) is 8.70. The zero-order valence-corrected chi connectivity index (χ0v) is 17.7. The van der Waals surface area contributed by atoms with Crippen LogP contribution in [0.25, 0.3) is 0 Å². The average Bonchev–Trinajstić information content (AvgIpc) is 2.65. The van der Waals surface area contributed by atoms with Crippen molar-refractivity contribution in [1.29, 1.82) is 0 Å². The van der Waals surface area contributed by atoms with E-state index in [-0.39, 0.29) is 0 Å². The van der Waals surface area contributed by atoms with Crippen molar-refractivity contribution in [3.8, 4) is 5.75 Å². The van der Waals surface area contributed by atoms with E-state index >= 15 is 0 Å². The number of halogens is 1. The molecule has 3 rings (SSSR count). The summed E-state index contributed by atoms with van der Waals surface area (Å²) in [6, 6.07) is 14.8. The van der Waals surface area contributed by atoms with Gasteiger partial charge >= 0.3 is 0 Å². The molecule has 0 aromatic heterocycles. The van der Waals surface area contributed by atoms with Gasteiger partial charge in [0.05, 0.1) is 7.11 Å². The molecule has 2 aromatic rings. The van der Waals surface area contributed by atoms with Crippen molar-refractivity contribution in [3.05, 3.63) is 52.5 Å². The predicted molar refractivity (Wildman–Crippen MR) is 116 cm³/mol. The molecular weight excluding hydrogens is 410 g/mol. The van der Waals surface area contributed by atoms with E-state index in [2.05, 4.69) is 63.1 Å². The third kappa shape index (κ3) is 4.30. The highest BCUT2D eigenvalue weighted by molar-refractivity contribution is 9.10. The normalized spacial score (nSPS) is 17.2. The number of rotatable bonds is 3. The van der Waals surface area contributed by atoms with E-state index in [0.29, 0.717) is 6.04 Å². The highest BCUT2D eigenvalue weighted by Gasteiger charge is 2.25. The molecule has 0 aliphatic carbocycles. The molecule has 1 saturated heterocycles. The van der Waals surface area contributed by atoms with Crippen molar-refractivity contribution < 1.29 is 4.74 Å². The molecule has 0 spiro atoms. The summed E-state index contributed by atoms with van der Waals surface area (Å²) in [5, 5.41) is 4.16. The second-order valence-electron chi connectivity index (χ2n) is 6.58. The van der Waals surface area contributed by atoms with Crippen LogP contribution in [0.4, 0.5) is 11.4 Å². The Morgan fingerprint density at radius 3 is 2.54 bits per heavy atom. The zero-order valence-electron chi connectivity index (χ0n) is 15.3. The summed E-state index contributed by atoms with van der Waals surface area (Å²) in [6.07, 6.45) is 0. The van der Waals surface area contributed by atoms with Crippen LogP contribution in [-0.4, -0.2) is 42.8 Å². The molecule has 1 N–H and O–H groups in total. The van der Waals surface area contributed by atoms with Gasteiger partial charge < -0.3 is 19.9 Å². The largest absolute Gasteiger partial charge is 0.497 e. The summed E-state index contributed by atoms with van der Waals surface area (Å²) in [5.74, 6) is 0.884. The molecule has 1 atom stereocenters. The lowest BCUT2D eigenvalue weighted by molar-refractivity contribution is 0.342. The van der Waals surface area contributed by atoms with Crippen LogP contribution in [0.3, 0.4) is 0 Å². The van der Waals surface area contributed by atoms with Gasteiger partial charge in [0.25, 0.3) is 0 Å². The Morgan fingerprint density at radius 2 is 1.92 bits per heavy atom. The highest BCUT2D eigenvalue weighted by atomic mass is 79.9. The second-order valence-corrected chi connectivity index (χ2v) is 7.82. The Hall–Kier alpha value is -1.79. The predicted octanol–water partition coefficient (Wildman–Crippen LogP) is 4.67. The topological polar surface area (TPSA) is 27.7 Å². The number of thiocarbonyl (C=S) groups is 1. The number of ether oxygens (including phenoxy) is 1. The molecule has 1 fully saturated rings. The molecule has 1 heterocycles. The Kier molecular flexibility index (Phi) is 6.04. The highest BCUT2D eigenvalue weighted by Crippen LogP contribution is 2.24. The van der Waals surface area contributed by atoms with Crippen molar-refractivity contribution in [2.24, 2.45) is 0 Å². The van der Waals surface area contributed by atoms with Crippen LogP contribution in [0.15, 0.2) is 46.9 Å². The van der Waals surface area contributed by atoms with E-state index in [0.717, 1.165) is 40.7 Å². The molecular formula is C20H24BrN3OS. The number of methoxy groups -OCH3 is 1. The van der Waals surface area contributed by atoms with E-state index in [1.807, 2.05) is 24.3 Å². The standard InChI is InChI=1S/C20H24BrN3OS/c1-14-12-16(4-9-19(14)21)22-20(26)23-10-11-24(15(2)13-23)17-5-7-18(25-3)8-6-17/h4-9,12,15H,10-11,13H2,1-3H3,(H,22,26). The molecule has 138 valence electrons. The maximum absolute atomic E-state index is 5.64. The lowest BCUT2D eigenvalue weighted by Crippen LogP contribution is -2.54. The van der Waals surface area contributed by atoms with Gasteiger partial charge in [0, 0.05) is 41.5 Å². The maximum atomic E-state index is 5.64. The first-order valence-corrected chi connectivity index (χ1v) is 9.91. The van der Waals surface area contributed by atoms with E-state index < -0.39 is 0 Å². The summed E-state index contributed by atoms with van der Waals surface area (Å²) in [4.78, 5) is 4.67. The van der Waals surface area contributed by atoms with Gasteiger partial charge in [-0.3, -0.25) is 0 Å². The molecule has 1 aliphatic rings. The number of anilines is 2. The van der Waals surface area contributed by atoms with Crippen LogP contribution in [0.1, 0.15) is 12.5 Å². The summed E-state index contributed by atoms with van der Waals surface area (Å²) in [5.41, 5.74) is 3.44. The van der Waals surface area contributed by atoms with Crippen molar-refractivity contribution >= 4 is 44.6 Å². The van der Waals surface area contributed by atoms with Crippen molar-refractivity contribution in [2.75, 3.05) is 37.0 Å². The molecule has 0 bridgehead atoms. The van der Waals surface area contributed by atoms with Crippen LogP contribution in [0.2, 0.25) is 0 Å². The third-order valence-corrected chi connectivity index (χ3v) is 5.98. The molecule has 26 heavy (non-hydrogen) atoms. The maximum Gasteiger partial charge on any atom is 0.173 e. The molecule has 6 heteroatoms. The summed E-state index contributed by atoms with van der Waals surface area (Å²) in [7, 11) is 1.69. The quantitative estimate of drug-likeness (QED) is 0.709. The summed E-state index contributed by atoms with van der Waals surface area (Å²) < 4.78 is 6.36. The number of nitrogens with one attached hydrogen (secondary N) is 1. The molecule has 0 saturated carbocycles. The van der Waals surface area contributed by atoms with Gasteiger partial charge in [-0.1, -0.05) is 15.9 Å². The zero-order chi connectivity index (χ0) is 18.7. The van der Waals surface area contributed by atoms with E-state index in [1.165, 1.54) is 11.3 Å². The SMILES string of the molecule is COc1ccc(N2CCN(C(=S)Nc3ccc(Br)c(C)c3)CC2C)cc1. The third-order valence-electron chi connectivity index (χ3n) is 4.73.